The highest BCUT2D eigenvalue weighted by atomic mass is 32.1. The Morgan fingerprint density at radius 2 is 2.13 bits per heavy atom. The van der Waals surface area contributed by atoms with Gasteiger partial charge in [-0.15, -0.1) is 11.3 Å². The average Bonchev–Trinajstić information content (AvgIpc) is 3.38. The van der Waals surface area contributed by atoms with E-state index in [1.54, 1.807) is 30.9 Å². The highest BCUT2D eigenvalue weighted by Crippen LogP contribution is 2.32. The number of anilines is 1. The number of carbonyl (C=O) groups is 2. The third kappa shape index (κ3) is 4.06. The molecule has 1 aliphatic rings. The molecular weight excluding hydrogens is 418 g/mol. The summed E-state index contributed by atoms with van der Waals surface area (Å²) >= 11 is 1.18. The van der Waals surface area contributed by atoms with E-state index in [9.17, 15) is 14.4 Å². The van der Waals surface area contributed by atoms with Crippen molar-refractivity contribution in [3.63, 3.8) is 0 Å². The molecule has 1 N–H and O–H groups in total. The summed E-state index contributed by atoms with van der Waals surface area (Å²) in [5, 5.41) is 4.03. The van der Waals surface area contributed by atoms with Crippen LogP contribution in [-0.4, -0.2) is 44.6 Å². The number of ether oxygens (including phenoxy) is 1. The molecular formula is C21H21N5O4S. The number of fused-ring (bicyclic) bond motifs is 1. The molecule has 31 heavy (non-hydrogen) atoms. The number of aromatic nitrogens is 4. The number of hydrogen-bond donors (Lipinski definition) is 1. The Hall–Kier alpha value is -3.53. The van der Waals surface area contributed by atoms with E-state index in [0.29, 0.717) is 33.8 Å². The van der Waals surface area contributed by atoms with Crippen molar-refractivity contribution in [1.82, 2.24) is 19.7 Å². The standard InChI is InChI=1S/C21H21N5O4S/c1-13(27)25-6-7-30-16-5-4-14(8-15(16)25)9-17-20(29)24-19(31-17)10-18(28)21(2,3)26-12-22-11-23-26/h4-5,8-12H,6-7H2,1-3H3,(H,24,29)/b17-9-,19-10+. The fourth-order valence-electron chi connectivity index (χ4n) is 3.23. The van der Waals surface area contributed by atoms with Crippen molar-refractivity contribution in [3.05, 3.63) is 56.0 Å². The van der Waals surface area contributed by atoms with Gasteiger partial charge in [-0.25, -0.2) is 9.67 Å². The summed E-state index contributed by atoms with van der Waals surface area (Å²) in [6.07, 6.45) is 5.97. The lowest BCUT2D eigenvalue weighted by molar-refractivity contribution is -0.120. The highest BCUT2D eigenvalue weighted by Gasteiger charge is 2.28. The molecule has 2 aromatic heterocycles. The van der Waals surface area contributed by atoms with Crippen molar-refractivity contribution in [2.24, 2.45) is 0 Å². The van der Waals surface area contributed by atoms with E-state index in [1.165, 1.54) is 41.7 Å². The number of benzene rings is 1. The average molecular weight is 439 g/mol. The number of nitrogens with zero attached hydrogens (tertiary/aromatic N) is 4. The van der Waals surface area contributed by atoms with Crippen LogP contribution in [0.5, 0.6) is 5.75 Å². The summed E-state index contributed by atoms with van der Waals surface area (Å²) in [6, 6.07) is 5.43. The van der Waals surface area contributed by atoms with E-state index in [4.69, 9.17) is 4.74 Å². The van der Waals surface area contributed by atoms with Crippen molar-refractivity contribution < 1.29 is 14.3 Å². The van der Waals surface area contributed by atoms with Gasteiger partial charge in [0.25, 0.3) is 5.56 Å². The zero-order valence-electron chi connectivity index (χ0n) is 17.3. The predicted octanol–water partition coefficient (Wildman–Crippen LogP) is 0.387. The van der Waals surface area contributed by atoms with Crippen LogP contribution in [-0.2, 0) is 15.1 Å². The molecule has 0 unspecified atom stereocenters. The zero-order chi connectivity index (χ0) is 22.2. The number of nitrogens with one attached hydrogen (secondary N) is 1. The van der Waals surface area contributed by atoms with Crippen LogP contribution in [0.2, 0.25) is 0 Å². The molecule has 0 atom stereocenters. The fourth-order valence-corrected chi connectivity index (χ4v) is 4.12. The van der Waals surface area contributed by atoms with Gasteiger partial charge in [-0.05, 0) is 37.6 Å². The molecule has 3 aromatic rings. The van der Waals surface area contributed by atoms with Gasteiger partial charge < -0.3 is 14.6 Å². The second-order valence-electron chi connectivity index (χ2n) is 7.58. The van der Waals surface area contributed by atoms with Crippen LogP contribution in [0, 0.1) is 0 Å². The first-order valence-electron chi connectivity index (χ1n) is 9.63. The van der Waals surface area contributed by atoms with Crippen LogP contribution in [0.1, 0.15) is 26.3 Å². The SMILES string of the molecule is CC(=O)N1CCOc2ccc(/C=c3\s/c(=C/C(=O)C(C)(C)n4cncn4)[nH]c3=O)cc21. The summed E-state index contributed by atoms with van der Waals surface area (Å²) in [5.74, 6) is 0.347. The van der Waals surface area contributed by atoms with Gasteiger partial charge in [0.15, 0.2) is 5.78 Å². The van der Waals surface area contributed by atoms with E-state index in [2.05, 4.69) is 15.1 Å². The number of hydrogen-bond acceptors (Lipinski definition) is 7. The quantitative estimate of drug-likeness (QED) is 0.630. The Labute approximate surface area is 181 Å². The predicted molar refractivity (Wildman–Crippen MR) is 117 cm³/mol. The number of ketones is 1. The zero-order valence-corrected chi connectivity index (χ0v) is 18.1. The maximum Gasteiger partial charge on any atom is 0.266 e. The number of rotatable bonds is 4. The van der Waals surface area contributed by atoms with Crippen molar-refractivity contribution >= 4 is 40.9 Å². The number of carbonyl (C=O) groups excluding carboxylic acids is 2. The number of thiazole rings is 1. The first-order chi connectivity index (χ1) is 14.8. The number of Topliss-reactive ketones (excluding diaryl/α,β-unsaturated/α-hetero) is 1. The molecule has 9 nitrogen and oxygen atoms in total. The number of aromatic amines is 1. The first kappa shape index (κ1) is 20.7. The monoisotopic (exact) mass is 439 g/mol. The lowest BCUT2D eigenvalue weighted by Crippen LogP contribution is -2.36. The summed E-state index contributed by atoms with van der Waals surface area (Å²) in [7, 11) is 0. The number of amides is 1. The maximum atomic E-state index is 12.8. The van der Waals surface area contributed by atoms with Gasteiger partial charge in [-0.1, -0.05) is 6.07 Å². The molecule has 160 valence electrons. The lowest BCUT2D eigenvalue weighted by Gasteiger charge is -2.28. The molecule has 0 bridgehead atoms. The first-order valence-corrected chi connectivity index (χ1v) is 10.4. The Bertz CT molecular complexity index is 1320. The minimum atomic E-state index is -0.935. The van der Waals surface area contributed by atoms with Crippen LogP contribution >= 0.6 is 11.3 Å². The normalized spacial score (nSPS) is 15.0. The van der Waals surface area contributed by atoms with E-state index in [0.717, 1.165) is 5.56 Å². The minimum Gasteiger partial charge on any atom is -0.490 e. The molecule has 4 rings (SSSR count). The minimum absolute atomic E-state index is 0.0685. The third-order valence-electron chi connectivity index (χ3n) is 5.06. The largest absolute Gasteiger partial charge is 0.490 e. The van der Waals surface area contributed by atoms with E-state index in [-0.39, 0.29) is 17.2 Å². The van der Waals surface area contributed by atoms with Gasteiger partial charge >= 0.3 is 0 Å². The molecule has 0 saturated heterocycles. The van der Waals surface area contributed by atoms with Crippen molar-refractivity contribution in [2.75, 3.05) is 18.1 Å². The van der Waals surface area contributed by atoms with Crippen LogP contribution in [0.3, 0.4) is 0 Å². The van der Waals surface area contributed by atoms with Gasteiger partial charge in [-0.3, -0.25) is 14.4 Å². The van der Waals surface area contributed by atoms with Gasteiger partial charge in [-0.2, -0.15) is 5.10 Å². The highest BCUT2D eigenvalue weighted by molar-refractivity contribution is 7.07. The van der Waals surface area contributed by atoms with Gasteiger partial charge in [0.05, 0.1) is 21.4 Å². The van der Waals surface area contributed by atoms with Crippen molar-refractivity contribution in [2.45, 2.75) is 26.3 Å². The van der Waals surface area contributed by atoms with Crippen molar-refractivity contribution in [3.8, 4) is 5.75 Å². The Morgan fingerprint density at radius 1 is 1.32 bits per heavy atom. The van der Waals surface area contributed by atoms with Crippen molar-refractivity contribution in [1.29, 1.82) is 0 Å². The van der Waals surface area contributed by atoms with E-state index in [1.807, 2.05) is 12.1 Å². The third-order valence-corrected chi connectivity index (χ3v) is 6.02. The molecule has 0 saturated carbocycles. The molecule has 0 aliphatic carbocycles. The van der Waals surface area contributed by atoms with Crippen LogP contribution in [0.4, 0.5) is 5.69 Å². The second kappa shape index (κ2) is 7.95. The summed E-state index contributed by atoms with van der Waals surface area (Å²) in [4.78, 5) is 45.4. The van der Waals surface area contributed by atoms with Gasteiger partial charge in [0, 0.05) is 13.0 Å². The smallest absolute Gasteiger partial charge is 0.266 e. The van der Waals surface area contributed by atoms with Gasteiger partial charge in [0.2, 0.25) is 5.91 Å². The van der Waals surface area contributed by atoms with Gasteiger partial charge in [0.1, 0.15) is 30.5 Å². The van der Waals surface area contributed by atoms with Crippen LogP contribution in [0.15, 0.2) is 35.6 Å². The molecule has 3 heterocycles. The fraction of sp³-hybridized carbons (Fsp3) is 0.286. The Morgan fingerprint density at radius 3 is 2.84 bits per heavy atom. The van der Waals surface area contributed by atoms with Crippen LogP contribution < -0.4 is 24.4 Å². The molecule has 0 spiro atoms. The summed E-state index contributed by atoms with van der Waals surface area (Å²) in [6.45, 7) is 5.90. The van der Waals surface area contributed by atoms with E-state index >= 15 is 0 Å². The molecule has 1 aliphatic heterocycles. The molecule has 0 fully saturated rings. The number of H-pyrrole nitrogens is 1. The Balaban J connectivity index is 1.69. The summed E-state index contributed by atoms with van der Waals surface area (Å²) < 4.78 is 7.98. The Kier molecular flexibility index (Phi) is 5.32. The molecule has 1 amide bonds. The molecule has 1 aromatic carbocycles. The lowest BCUT2D eigenvalue weighted by atomic mass is 10.00. The molecule has 0 radical (unpaired) electrons. The second-order valence-corrected chi connectivity index (χ2v) is 8.67. The van der Waals surface area contributed by atoms with E-state index < -0.39 is 5.54 Å². The topological polar surface area (TPSA) is 110 Å². The molecule has 10 heteroatoms. The maximum absolute atomic E-state index is 12.8. The van der Waals surface area contributed by atoms with Crippen LogP contribution in [0.25, 0.3) is 12.2 Å². The summed E-state index contributed by atoms with van der Waals surface area (Å²) in [5.41, 5.74) is 0.205.